The Kier molecular flexibility index (Phi) is 3.33. The number of nitrogens with two attached hydrogens (primary N) is 1. The van der Waals surface area contributed by atoms with Gasteiger partial charge in [-0.05, 0) is 19.1 Å². The summed E-state index contributed by atoms with van der Waals surface area (Å²) in [6.07, 6.45) is 0. The Hall–Kier alpha value is -2.63. The predicted molar refractivity (Wildman–Crippen MR) is 70.7 cm³/mol. The van der Waals surface area contributed by atoms with Crippen LogP contribution in [-0.4, -0.2) is 28.8 Å². The summed E-state index contributed by atoms with van der Waals surface area (Å²) in [6, 6.07) is 6.63. The van der Waals surface area contributed by atoms with Crippen molar-refractivity contribution in [3.05, 3.63) is 41.3 Å². The van der Waals surface area contributed by atoms with E-state index in [1.165, 1.54) is 0 Å². The molecule has 0 aliphatic carbocycles. The van der Waals surface area contributed by atoms with Gasteiger partial charge in [0.2, 0.25) is 5.91 Å². The highest BCUT2D eigenvalue weighted by Gasteiger charge is 2.16. The van der Waals surface area contributed by atoms with Crippen molar-refractivity contribution in [2.24, 2.45) is 5.73 Å². The number of aryl methyl sites for hydroxylation is 1. The van der Waals surface area contributed by atoms with E-state index in [9.17, 15) is 9.59 Å². The molecule has 6 nitrogen and oxygen atoms in total. The Morgan fingerprint density at radius 2 is 1.89 bits per heavy atom. The number of carbonyl (C=O) groups is 2. The highest BCUT2D eigenvalue weighted by Crippen LogP contribution is 2.22. The van der Waals surface area contributed by atoms with E-state index in [0.717, 1.165) is 5.56 Å². The third-order valence-corrected chi connectivity index (χ3v) is 2.72. The van der Waals surface area contributed by atoms with Crippen molar-refractivity contribution in [1.82, 2.24) is 15.3 Å². The monoisotopic (exact) mass is 258 g/mol. The Labute approximate surface area is 110 Å². The summed E-state index contributed by atoms with van der Waals surface area (Å²) in [5, 5.41) is 2.55. The van der Waals surface area contributed by atoms with Gasteiger partial charge in [-0.25, -0.2) is 4.98 Å². The summed E-state index contributed by atoms with van der Waals surface area (Å²) in [4.78, 5) is 30.0. The number of H-pyrrole nitrogens is 1. The molecule has 6 heteroatoms. The summed E-state index contributed by atoms with van der Waals surface area (Å²) in [5.41, 5.74) is 7.28. The number of nitrogens with one attached hydrogen (secondary N) is 2. The quantitative estimate of drug-likeness (QED) is 0.760. The smallest absolute Gasteiger partial charge is 0.269 e. The van der Waals surface area contributed by atoms with Crippen LogP contribution in [-0.2, 0) is 0 Å². The van der Waals surface area contributed by atoms with E-state index < -0.39 is 5.91 Å². The number of aromatic nitrogens is 2. The number of hydrogen-bond acceptors (Lipinski definition) is 3. The fourth-order valence-electron chi connectivity index (χ4n) is 1.78. The second-order valence-corrected chi connectivity index (χ2v) is 4.07. The van der Waals surface area contributed by atoms with Gasteiger partial charge in [0.15, 0.2) is 0 Å². The molecule has 0 fully saturated rings. The fourth-order valence-corrected chi connectivity index (χ4v) is 1.78. The lowest BCUT2D eigenvalue weighted by Crippen LogP contribution is -2.19. The van der Waals surface area contributed by atoms with Gasteiger partial charge in [0.25, 0.3) is 5.91 Å². The van der Waals surface area contributed by atoms with Gasteiger partial charge >= 0.3 is 0 Å². The standard InChI is InChI=1S/C13H14N4O2/c1-7-16-10(11(17-7)13(19)15-2)8-3-5-9(6-4-8)12(14)18/h3-6H,1-2H3,(H2,14,18)(H,15,19)(H,16,17). The average Bonchev–Trinajstić information content (AvgIpc) is 2.80. The van der Waals surface area contributed by atoms with Crippen LogP contribution in [0.2, 0.25) is 0 Å². The topological polar surface area (TPSA) is 101 Å². The molecule has 0 unspecified atom stereocenters. The van der Waals surface area contributed by atoms with Gasteiger partial charge in [-0.3, -0.25) is 9.59 Å². The van der Waals surface area contributed by atoms with E-state index in [-0.39, 0.29) is 5.91 Å². The molecule has 0 saturated carbocycles. The van der Waals surface area contributed by atoms with Crippen LogP contribution in [0.3, 0.4) is 0 Å². The molecule has 0 spiro atoms. The van der Waals surface area contributed by atoms with E-state index in [4.69, 9.17) is 5.73 Å². The molecular formula is C13H14N4O2. The predicted octanol–water partition coefficient (Wildman–Crippen LogP) is 0.844. The fraction of sp³-hybridized carbons (Fsp3) is 0.154. The Bertz CT molecular complexity index is 629. The molecule has 0 aliphatic rings. The maximum absolute atomic E-state index is 11.7. The van der Waals surface area contributed by atoms with E-state index >= 15 is 0 Å². The van der Waals surface area contributed by atoms with Crippen LogP contribution in [0.4, 0.5) is 0 Å². The molecule has 1 aromatic heterocycles. The molecular weight excluding hydrogens is 244 g/mol. The number of nitrogens with zero attached hydrogens (tertiary/aromatic N) is 1. The van der Waals surface area contributed by atoms with Crippen LogP contribution in [0.15, 0.2) is 24.3 Å². The number of aromatic amines is 1. The lowest BCUT2D eigenvalue weighted by atomic mass is 10.1. The highest BCUT2D eigenvalue weighted by molar-refractivity contribution is 5.98. The normalized spacial score (nSPS) is 10.2. The van der Waals surface area contributed by atoms with Crippen LogP contribution in [0.5, 0.6) is 0 Å². The number of imidazole rings is 1. The van der Waals surface area contributed by atoms with Gasteiger partial charge in [0, 0.05) is 18.2 Å². The number of benzene rings is 1. The number of primary amides is 1. The first-order chi connectivity index (χ1) is 9.02. The van der Waals surface area contributed by atoms with E-state index in [1.807, 2.05) is 0 Å². The summed E-state index contributed by atoms with van der Waals surface area (Å²) >= 11 is 0. The molecule has 98 valence electrons. The molecule has 0 saturated heterocycles. The first-order valence-corrected chi connectivity index (χ1v) is 5.72. The van der Waals surface area contributed by atoms with Crippen molar-refractivity contribution in [3.63, 3.8) is 0 Å². The largest absolute Gasteiger partial charge is 0.366 e. The van der Waals surface area contributed by atoms with E-state index in [1.54, 1.807) is 38.2 Å². The molecule has 1 heterocycles. The number of rotatable bonds is 3. The van der Waals surface area contributed by atoms with Crippen LogP contribution in [0, 0.1) is 6.92 Å². The molecule has 1 aromatic carbocycles. The minimum absolute atomic E-state index is 0.241. The highest BCUT2D eigenvalue weighted by atomic mass is 16.2. The number of amides is 2. The molecule has 4 N–H and O–H groups in total. The summed E-state index contributed by atoms with van der Waals surface area (Å²) in [7, 11) is 1.55. The molecule has 0 radical (unpaired) electrons. The van der Waals surface area contributed by atoms with Crippen LogP contribution < -0.4 is 11.1 Å². The lowest BCUT2D eigenvalue weighted by molar-refractivity contribution is 0.0957. The molecule has 0 aliphatic heterocycles. The minimum Gasteiger partial charge on any atom is -0.366 e. The number of hydrogen-bond donors (Lipinski definition) is 3. The first-order valence-electron chi connectivity index (χ1n) is 5.72. The number of carbonyl (C=O) groups excluding carboxylic acids is 2. The van der Waals surface area contributed by atoms with Crippen molar-refractivity contribution in [2.45, 2.75) is 6.92 Å². The summed E-state index contributed by atoms with van der Waals surface area (Å²) in [5.74, 6) is -0.0848. The van der Waals surface area contributed by atoms with Gasteiger partial charge < -0.3 is 16.0 Å². The van der Waals surface area contributed by atoms with E-state index in [0.29, 0.717) is 22.8 Å². The minimum atomic E-state index is -0.490. The Balaban J connectivity index is 2.46. The van der Waals surface area contributed by atoms with Crippen molar-refractivity contribution in [3.8, 4) is 11.3 Å². The van der Waals surface area contributed by atoms with Gasteiger partial charge in [-0.15, -0.1) is 0 Å². The molecule has 0 atom stereocenters. The van der Waals surface area contributed by atoms with Gasteiger partial charge in [0.05, 0.1) is 0 Å². The maximum atomic E-state index is 11.7. The zero-order chi connectivity index (χ0) is 14.0. The third kappa shape index (κ3) is 2.47. The zero-order valence-electron chi connectivity index (χ0n) is 10.7. The van der Waals surface area contributed by atoms with Crippen molar-refractivity contribution < 1.29 is 9.59 Å². The van der Waals surface area contributed by atoms with E-state index in [2.05, 4.69) is 15.3 Å². The molecule has 2 rings (SSSR count). The van der Waals surface area contributed by atoms with Gasteiger partial charge in [0.1, 0.15) is 17.2 Å². The SMILES string of the molecule is CNC(=O)c1[nH]c(C)nc1-c1ccc(C(N)=O)cc1. The van der Waals surface area contributed by atoms with Gasteiger partial charge in [-0.1, -0.05) is 12.1 Å². The second-order valence-electron chi connectivity index (χ2n) is 4.07. The second kappa shape index (κ2) is 4.93. The molecule has 19 heavy (non-hydrogen) atoms. The average molecular weight is 258 g/mol. The lowest BCUT2D eigenvalue weighted by Gasteiger charge is -2.02. The Morgan fingerprint density at radius 3 is 2.42 bits per heavy atom. The maximum Gasteiger partial charge on any atom is 0.269 e. The third-order valence-electron chi connectivity index (χ3n) is 2.72. The zero-order valence-corrected chi connectivity index (χ0v) is 10.7. The first kappa shape index (κ1) is 12.8. The Morgan fingerprint density at radius 1 is 1.26 bits per heavy atom. The van der Waals surface area contributed by atoms with Crippen molar-refractivity contribution in [1.29, 1.82) is 0 Å². The van der Waals surface area contributed by atoms with Crippen LogP contribution in [0.1, 0.15) is 26.7 Å². The molecule has 0 bridgehead atoms. The summed E-state index contributed by atoms with van der Waals surface area (Å²) < 4.78 is 0. The molecule has 2 amide bonds. The van der Waals surface area contributed by atoms with Crippen LogP contribution >= 0.6 is 0 Å². The summed E-state index contributed by atoms with van der Waals surface area (Å²) in [6.45, 7) is 1.77. The molecule has 2 aromatic rings. The van der Waals surface area contributed by atoms with Crippen molar-refractivity contribution in [2.75, 3.05) is 7.05 Å². The van der Waals surface area contributed by atoms with Gasteiger partial charge in [-0.2, -0.15) is 0 Å². The van der Waals surface area contributed by atoms with Crippen molar-refractivity contribution >= 4 is 11.8 Å². The van der Waals surface area contributed by atoms with Crippen LogP contribution in [0.25, 0.3) is 11.3 Å².